The van der Waals surface area contributed by atoms with Crippen molar-refractivity contribution < 1.29 is 9.90 Å². The highest BCUT2D eigenvalue weighted by molar-refractivity contribution is 5.85. The molecular formula is C44H43ClN4O2. The largest absolute Gasteiger partial charge is 0.480 e. The quantitative estimate of drug-likeness (QED) is 0.0462. The number of benzene rings is 6. The van der Waals surface area contributed by atoms with Gasteiger partial charge in [0, 0.05) is 6.54 Å². The molecule has 0 saturated carbocycles. The van der Waals surface area contributed by atoms with Crippen LogP contribution in [0.1, 0.15) is 46.2 Å². The van der Waals surface area contributed by atoms with Gasteiger partial charge < -0.3 is 16.6 Å². The molecule has 0 amide bonds. The van der Waals surface area contributed by atoms with Crippen LogP contribution in [0.2, 0.25) is 0 Å². The van der Waals surface area contributed by atoms with Crippen molar-refractivity contribution in [2.45, 2.75) is 30.0 Å². The third-order valence-electron chi connectivity index (χ3n) is 9.40. The fraction of sp³-hybridized carbons (Fsp3) is 0.136. The summed E-state index contributed by atoms with van der Waals surface area (Å²) in [4.78, 5) is 20.7. The van der Waals surface area contributed by atoms with Gasteiger partial charge in [-0.3, -0.25) is 14.7 Å². The minimum Gasteiger partial charge on any atom is -0.480 e. The molecule has 5 N–H and O–H groups in total. The second kappa shape index (κ2) is 16.8. The van der Waals surface area contributed by atoms with Crippen molar-refractivity contribution in [1.29, 1.82) is 0 Å². The number of rotatable bonds is 14. The SMILES string of the molecule is Cl.NC(N)=NCCC[C@@H](C(=O)O)N(C(c1ccccc1)(c1ccccc1)c1ccccc1)C(c1ccccc1)(c1ccccc1)c1ccccc1. The Bertz CT molecular complexity index is 1650. The maximum atomic E-state index is 14.2. The van der Waals surface area contributed by atoms with E-state index >= 15 is 0 Å². The first-order chi connectivity index (χ1) is 24.5. The third kappa shape index (κ3) is 7.15. The molecule has 6 aromatic carbocycles. The van der Waals surface area contributed by atoms with Crippen LogP contribution in [0.3, 0.4) is 0 Å². The van der Waals surface area contributed by atoms with Gasteiger partial charge >= 0.3 is 5.97 Å². The lowest BCUT2D eigenvalue weighted by atomic mass is 9.66. The van der Waals surface area contributed by atoms with E-state index in [0.29, 0.717) is 13.0 Å². The molecular weight excluding hydrogens is 652 g/mol. The van der Waals surface area contributed by atoms with Crippen molar-refractivity contribution in [3.05, 3.63) is 215 Å². The third-order valence-corrected chi connectivity index (χ3v) is 9.40. The minimum absolute atomic E-state index is 0. The number of carboxylic acids is 1. The number of hydrogen-bond donors (Lipinski definition) is 3. The number of halogens is 1. The van der Waals surface area contributed by atoms with E-state index in [1.165, 1.54) is 0 Å². The molecule has 6 aromatic rings. The predicted octanol–water partition coefficient (Wildman–Crippen LogP) is 8.20. The number of carboxylic acid groups (broad SMARTS) is 1. The van der Waals surface area contributed by atoms with Crippen LogP contribution in [-0.2, 0) is 15.9 Å². The molecule has 6 rings (SSSR count). The minimum atomic E-state index is -1.15. The average molecular weight is 695 g/mol. The molecule has 0 aliphatic rings. The smallest absolute Gasteiger partial charge is 0.321 e. The molecule has 51 heavy (non-hydrogen) atoms. The zero-order valence-electron chi connectivity index (χ0n) is 28.3. The molecule has 0 fully saturated rings. The van der Waals surface area contributed by atoms with E-state index in [9.17, 15) is 9.90 Å². The van der Waals surface area contributed by atoms with E-state index < -0.39 is 23.1 Å². The van der Waals surface area contributed by atoms with Gasteiger partial charge in [0.25, 0.3) is 0 Å². The van der Waals surface area contributed by atoms with Crippen LogP contribution in [0, 0.1) is 0 Å². The zero-order valence-corrected chi connectivity index (χ0v) is 29.1. The van der Waals surface area contributed by atoms with Crippen LogP contribution in [0.4, 0.5) is 0 Å². The summed E-state index contributed by atoms with van der Waals surface area (Å²) in [5.74, 6) is -0.970. The molecule has 0 saturated heterocycles. The van der Waals surface area contributed by atoms with Gasteiger partial charge in [0.1, 0.15) is 6.04 Å². The fourth-order valence-corrected chi connectivity index (χ4v) is 7.49. The highest BCUT2D eigenvalue weighted by Gasteiger charge is 2.58. The molecule has 6 nitrogen and oxygen atoms in total. The number of guanidine groups is 1. The molecule has 258 valence electrons. The number of carbonyl (C=O) groups is 1. The number of aliphatic carboxylic acids is 1. The van der Waals surface area contributed by atoms with Gasteiger partial charge in [0.15, 0.2) is 5.96 Å². The van der Waals surface area contributed by atoms with Gasteiger partial charge in [-0.25, -0.2) is 0 Å². The van der Waals surface area contributed by atoms with Crippen molar-refractivity contribution in [2.24, 2.45) is 16.5 Å². The molecule has 7 heteroatoms. The standard InChI is InChI=1S/C44H42N4O2.ClH/c45-42(46)47-33-19-32-40(41(49)50)48(43(34-20-7-1-8-21-34,35-22-9-2-10-23-35)36-24-11-3-12-25-36)44(37-26-13-4-14-27-37,38-28-15-5-16-29-38)39-30-17-6-18-31-39;/h1-18,20-31,40H,19,32-33H2,(H,49,50)(H4,45,46,47);1H/t40-;/m0./s1. The van der Waals surface area contributed by atoms with Crippen LogP contribution >= 0.6 is 12.4 Å². The van der Waals surface area contributed by atoms with Crippen LogP contribution in [0.25, 0.3) is 0 Å². The number of hydrogen-bond acceptors (Lipinski definition) is 3. The second-order valence-electron chi connectivity index (χ2n) is 12.3. The Morgan fingerprint density at radius 2 is 0.784 bits per heavy atom. The first-order valence-electron chi connectivity index (χ1n) is 16.9. The number of nitrogens with two attached hydrogens (primary N) is 2. The summed E-state index contributed by atoms with van der Waals surface area (Å²) >= 11 is 0. The molecule has 0 unspecified atom stereocenters. The van der Waals surface area contributed by atoms with E-state index in [1.807, 2.05) is 109 Å². The van der Waals surface area contributed by atoms with Crippen LogP contribution < -0.4 is 11.5 Å². The maximum absolute atomic E-state index is 14.2. The van der Waals surface area contributed by atoms with E-state index in [2.05, 4.69) is 82.7 Å². The Kier molecular flexibility index (Phi) is 12.1. The lowest BCUT2D eigenvalue weighted by Crippen LogP contribution is -2.65. The Morgan fingerprint density at radius 3 is 1.00 bits per heavy atom. The van der Waals surface area contributed by atoms with Crippen LogP contribution in [0.15, 0.2) is 187 Å². The molecule has 0 aromatic heterocycles. The summed E-state index contributed by atoms with van der Waals surface area (Å²) in [6, 6.07) is 60.5. The van der Waals surface area contributed by atoms with Crippen LogP contribution in [0.5, 0.6) is 0 Å². The van der Waals surface area contributed by atoms with Crippen molar-refractivity contribution >= 4 is 24.3 Å². The molecule has 0 bridgehead atoms. The summed E-state index contributed by atoms with van der Waals surface area (Å²) < 4.78 is 0. The summed E-state index contributed by atoms with van der Waals surface area (Å²) in [6.45, 7) is 0.296. The van der Waals surface area contributed by atoms with Gasteiger partial charge in [-0.05, 0) is 46.2 Å². The van der Waals surface area contributed by atoms with E-state index in [-0.39, 0.29) is 24.8 Å². The van der Waals surface area contributed by atoms with Gasteiger partial charge in [-0.2, -0.15) is 0 Å². The Labute approximate surface area is 306 Å². The molecule has 0 spiro atoms. The maximum Gasteiger partial charge on any atom is 0.321 e. The van der Waals surface area contributed by atoms with Gasteiger partial charge in [0.2, 0.25) is 0 Å². The molecule has 0 radical (unpaired) electrons. The second-order valence-corrected chi connectivity index (χ2v) is 12.3. The first-order valence-corrected chi connectivity index (χ1v) is 16.9. The Hall–Kier alpha value is -5.69. The monoisotopic (exact) mass is 694 g/mol. The lowest BCUT2D eigenvalue weighted by molar-refractivity contribution is -0.149. The van der Waals surface area contributed by atoms with Gasteiger partial charge in [-0.1, -0.05) is 182 Å². The van der Waals surface area contributed by atoms with Crippen molar-refractivity contribution in [3.8, 4) is 0 Å². The molecule has 1 atom stereocenters. The van der Waals surface area contributed by atoms with Gasteiger partial charge in [0.05, 0.1) is 11.1 Å². The first kappa shape index (κ1) is 36.6. The van der Waals surface area contributed by atoms with Crippen molar-refractivity contribution in [3.63, 3.8) is 0 Å². The lowest BCUT2D eigenvalue weighted by Gasteiger charge is -2.58. The van der Waals surface area contributed by atoms with Crippen LogP contribution in [-0.4, -0.2) is 34.5 Å². The number of nitrogens with zero attached hydrogens (tertiary/aromatic N) is 2. The Balaban J connectivity index is 0.00000504. The molecule has 0 aliphatic heterocycles. The zero-order chi connectivity index (χ0) is 34.8. The van der Waals surface area contributed by atoms with E-state index in [0.717, 1.165) is 33.4 Å². The predicted molar refractivity (Wildman–Crippen MR) is 209 cm³/mol. The summed E-state index contributed by atoms with van der Waals surface area (Å²) in [5.41, 5.74) is 14.7. The Morgan fingerprint density at radius 1 is 0.529 bits per heavy atom. The summed E-state index contributed by atoms with van der Waals surface area (Å²) in [7, 11) is 0. The average Bonchev–Trinajstić information content (AvgIpc) is 3.17. The number of aliphatic imine (C=N–C) groups is 1. The molecule has 0 heterocycles. The molecule has 0 aliphatic carbocycles. The topological polar surface area (TPSA) is 105 Å². The summed E-state index contributed by atoms with van der Waals surface area (Å²) in [5, 5.41) is 11.6. The van der Waals surface area contributed by atoms with Crippen molar-refractivity contribution in [2.75, 3.05) is 6.54 Å². The van der Waals surface area contributed by atoms with Crippen molar-refractivity contribution in [1.82, 2.24) is 4.90 Å². The summed E-state index contributed by atoms with van der Waals surface area (Å²) in [6.07, 6.45) is 0.697. The normalized spacial score (nSPS) is 12.0. The van der Waals surface area contributed by atoms with Gasteiger partial charge in [-0.15, -0.1) is 12.4 Å². The fourth-order valence-electron chi connectivity index (χ4n) is 7.49. The highest BCUT2D eigenvalue weighted by atomic mass is 35.5. The van der Waals surface area contributed by atoms with E-state index in [4.69, 9.17) is 11.5 Å². The van der Waals surface area contributed by atoms with E-state index in [1.54, 1.807) is 0 Å². The highest BCUT2D eigenvalue weighted by Crippen LogP contribution is 2.55.